The van der Waals surface area contributed by atoms with Crippen LogP contribution in [0.2, 0.25) is 0 Å². The quantitative estimate of drug-likeness (QED) is 0.553. The maximum atomic E-state index is 6.11. The number of aromatic nitrogens is 2. The van der Waals surface area contributed by atoms with Gasteiger partial charge < -0.3 is 20.6 Å². The van der Waals surface area contributed by atoms with Gasteiger partial charge >= 0.3 is 0 Å². The second kappa shape index (κ2) is 5.11. The molecule has 0 aliphatic carbocycles. The molecule has 6 nitrogen and oxygen atoms in total. The lowest BCUT2D eigenvalue weighted by molar-refractivity contribution is 0.292. The van der Waals surface area contributed by atoms with Crippen molar-refractivity contribution >= 4 is 33.6 Å². The molecule has 0 radical (unpaired) electrons. The number of furan rings is 1. The van der Waals surface area contributed by atoms with E-state index in [4.69, 9.17) is 20.6 Å². The lowest BCUT2D eigenvalue weighted by Gasteiger charge is -2.22. The van der Waals surface area contributed by atoms with Gasteiger partial charge in [0.25, 0.3) is 0 Å². The number of rotatable bonds is 1. The van der Waals surface area contributed by atoms with Gasteiger partial charge in [-0.2, -0.15) is 4.98 Å². The molecule has 2 aromatic heterocycles. The standard InChI is InChI=1S/C19H16N4O2/c20-18-16-14(22-19(21)23-18)8-12(11-5-3-7-24-17(11)16)13-9-25-15-6-2-1-4-10(13)15/h1-2,4,6,8-9H,3,5,7H2,(H4,20,21,22,23). The van der Waals surface area contributed by atoms with Gasteiger partial charge in [0.2, 0.25) is 5.95 Å². The SMILES string of the molecule is Nc1nc(N)c2c3c(c(-c4coc5ccccc45)cc2n1)CCCO3. The second-order valence-corrected chi connectivity index (χ2v) is 6.19. The summed E-state index contributed by atoms with van der Waals surface area (Å²) in [6.45, 7) is 0.654. The summed E-state index contributed by atoms with van der Waals surface area (Å²) in [5.41, 5.74) is 16.6. The first-order chi connectivity index (χ1) is 12.2. The Hall–Kier alpha value is -3.28. The molecule has 4 N–H and O–H groups in total. The van der Waals surface area contributed by atoms with E-state index >= 15 is 0 Å². The van der Waals surface area contributed by atoms with Gasteiger partial charge in [0.15, 0.2) is 0 Å². The molecule has 0 fully saturated rings. The molecule has 1 aliphatic rings. The fourth-order valence-corrected chi connectivity index (χ4v) is 3.61. The van der Waals surface area contributed by atoms with Crippen LogP contribution in [-0.4, -0.2) is 16.6 Å². The molecule has 0 amide bonds. The summed E-state index contributed by atoms with van der Waals surface area (Å²) >= 11 is 0. The fraction of sp³-hybridized carbons (Fsp3) is 0.158. The lowest BCUT2D eigenvalue weighted by Crippen LogP contribution is -2.12. The highest BCUT2D eigenvalue weighted by Gasteiger charge is 2.23. The van der Waals surface area contributed by atoms with E-state index in [1.54, 1.807) is 6.26 Å². The smallest absolute Gasteiger partial charge is 0.222 e. The molecule has 5 rings (SSSR count). The number of nitrogen functional groups attached to an aromatic ring is 2. The summed E-state index contributed by atoms with van der Waals surface area (Å²) in [4.78, 5) is 8.47. The van der Waals surface area contributed by atoms with Gasteiger partial charge in [-0.15, -0.1) is 0 Å². The molecule has 0 unspecified atom stereocenters. The molecule has 3 heterocycles. The highest BCUT2D eigenvalue weighted by molar-refractivity contribution is 6.03. The van der Waals surface area contributed by atoms with Crippen molar-refractivity contribution in [3.63, 3.8) is 0 Å². The van der Waals surface area contributed by atoms with Crippen LogP contribution in [0.3, 0.4) is 0 Å². The number of hydrogen-bond acceptors (Lipinski definition) is 6. The van der Waals surface area contributed by atoms with Gasteiger partial charge in [0.1, 0.15) is 17.2 Å². The van der Waals surface area contributed by atoms with Crippen molar-refractivity contribution in [1.82, 2.24) is 9.97 Å². The van der Waals surface area contributed by atoms with Gasteiger partial charge in [0.05, 0.1) is 23.8 Å². The number of benzene rings is 2. The minimum absolute atomic E-state index is 0.156. The molecule has 124 valence electrons. The number of para-hydroxylation sites is 1. The van der Waals surface area contributed by atoms with Gasteiger partial charge in [-0.1, -0.05) is 18.2 Å². The van der Waals surface area contributed by atoms with E-state index in [1.807, 2.05) is 24.3 Å². The monoisotopic (exact) mass is 332 g/mol. The van der Waals surface area contributed by atoms with Gasteiger partial charge in [0, 0.05) is 16.5 Å². The minimum Gasteiger partial charge on any atom is -0.492 e. The summed E-state index contributed by atoms with van der Waals surface area (Å²) in [7, 11) is 0. The number of nitrogens with zero attached hydrogens (tertiary/aromatic N) is 2. The summed E-state index contributed by atoms with van der Waals surface area (Å²) in [6.07, 6.45) is 3.65. The number of fused-ring (bicyclic) bond motifs is 4. The van der Waals surface area contributed by atoms with E-state index < -0.39 is 0 Å². The predicted molar refractivity (Wildman–Crippen MR) is 97.4 cm³/mol. The van der Waals surface area contributed by atoms with Crippen molar-refractivity contribution in [3.05, 3.63) is 42.2 Å². The molecule has 25 heavy (non-hydrogen) atoms. The zero-order valence-electron chi connectivity index (χ0n) is 13.5. The van der Waals surface area contributed by atoms with Crippen LogP contribution in [0.1, 0.15) is 12.0 Å². The number of nitrogens with two attached hydrogens (primary N) is 2. The van der Waals surface area contributed by atoms with Crippen molar-refractivity contribution in [2.24, 2.45) is 0 Å². The third-order valence-corrected chi connectivity index (χ3v) is 4.68. The first kappa shape index (κ1) is 14.1. The molecule has 0 saturated heterocycles. The largest absolute Gasteiger partial charge is 0.492 e. The Bertz CT molecular complexity index is 1130. The summed E-state index contributed by atoms with van der Waals surface area (Å²) in [5.74, 6) is 1.27. The Morgan fingerprint density at radius 3 is 2.84 bits per heavy atom. The van der Waals surface area contributed by atoms with E-state index in [0.29, 0.717) is 17.9 Å². The third-order valence-electron chi connectivity index (χ3n) is 4.68. The van der Waals surface area contributed by atoms with Gasteiger partial charge in [-0.25, -0.2) is 4.98 Å². The first-order valence-electron chi connectivity index (χ1n) is 8.20. The Labute approximate surface area is 143 Å². The predicted octanol–water partition coefficient (Wildman–Crippen LogP) is 3.53. The Morgan fingerprint density at radius 1 is 1.04 bits per heavy atom. The topological polar surface area (TPSA) is 100 Å². The molecule has 0 saturated carbocycles. The number of hydrogen-bond donors (Lipinski definition) is 2. The van der Waals surface area contributed by atoms with Crippen molar-refractivity contribution < 1.29 is 9.15 Å². The maximum absolute atomic E-state index is 6.11. The molecule has 4 aromatic rings. The number of ether oxygens (including phenoxy) is 1. The van der Waals surface area contributed by atoms with Crippen LogP contribution in [0.5, 0.6) is 5.75 Å². The van der Waals surface area contributed by atoms with Gasteiger partial charge in [-0.05, 0) is 30.5 Å². The van der Waals surface area contributed by atoms with Crippen molar-refractivity contribution in [1.29, 1.82) is 0 Å². The van der Waals surface area contributed by atoms with Crippen molar-refractivity contribution in [3.8, 4) is 16.9 Å². The van der Waals surface area contributed by atoms with Crippen LogP contribution >= 0.6 is 0 Å². The molecule has 0 bridgehead atoms. The van der Waals surface area contributed by atoms with Gasteiger partial charge in [-0.3, -0.25) is 0 Å². The van der Waals surface area contributed by atoms with E-state index in [0.717, 1.165) is 51.6 Å². The van der Waals surface area contributed by atoms with E-state index in [-0.39, 0.29) is 5.95 Å². The average molecular weight is 332 g/mol. The summed E-state index contributed by atoms with van der Waals surface area (Å²) < 4.78 is 11.7. The van der Waals surface area contributed by atoms with E-state index in [1.165, 1.54) is 0 Å². The molecule has 0 spiro atoms. The van der Waals surface area contributed by atoms with Crippen LogP contribution in [0, 0.1) is 0 Å². The second-order valence-electron chi connectivity index (χ2n) is 6.19. The minimum atomic E-state index is 0.156. The first-order valence-corrected chi connectivity index (χ1v) is 8.20. The van der Waals surface area contributed by atoms with Crippen LogP contribution in [0.25, 0.3) is 33.0 Å². The zero-order chi connectivity index (χ0) is 17.0. The molecule has 6 heteroatoms. The fourth-order valence-electron chi connectivity index (χ4n) is 3.61. The van der Waals surface area contributed by atoms with Crippen LogP contribution in [-0.2, 0) is 6.42 Å². The Balaban J connectivity index is 1.90. The molecule has 1 aliphatic heterocycles. The molecular weight excluding hydrogens is 316 g/mol. The summed E-state index contributed by atoms with van der Waals surface area (Å²) in [5, 5.41) is 1.80. The van der Waals surface area contributed by atoms with E-state index in [9.17, 15) is 0 Å². The highest BCUT2D eigenvalue weighted by Crippen LogP contribution is 2.44. The normalized spacial score (nSPS) is 13.8. The molecule has 0 atom stereocenters. The van der Waals surface area contributed by atoms with Crippen molar-refractivity contribution in [2.45, 2.75) is 12.8 Å². The highest BCUT2D eigenvalue weighted by atomic mass is 16.5. The summed E-state index contributed by atoms with van der Waals surface area (Å²) in [6, 6.07) is 9.99. The number of anilines is 2. The Kier molecular flexibility index (Phi) is 2.88. The zero-order valence-corrected chi connectivity index (χ0v) is 13.5. The molecular formula is C19H16N4O2. The third kappa shape index (κ3) is 2.04. The average Bonchev–Trinajstić information content (AvgIpc) is 3.04. The Morgan fingerprint density at radius 2 is 1.92 bits per heavy atom. The van der Waals surface area contributed by atoms with Crippen molar-refractivity contribution in [2.75, 3.05) is 18.1 Å². The van der Waals surface area contributed by atoms with Crippen LogP contribution in [0.15, 0.2) is 41.0 Å². The van der Waals surface area contributed by atoms with E-state index in [2.05, 4.69) is 16.0 Å². The maximum Gasteiger partial charge on any atom is 0.222 e. The lowest BCUT2D eigenvalue weighted by atomic mass is 9.92. The van der Waals surface area contributed by atoms with Crippen LogP contribution < -0.4 is 16.2 Å². The van der Waals surface area contributed by atoms with Crippen LogP contribution in [0.4, 0.5) is 11.8 Å². The molecule has 2 aromatic carbocycles.